The molecule has 0 aromatic heterocycles. The largest absolute Gasteiger partial charge is 0.409 e. The average Bonchev–Trinajstić information content (AvgIpc) is 2.39. The van der Waals surface area contributed by atoms with Crippen LogP contribution in [-0.2, 0) is 4.74 Å². The van der Waals surface area contributed by atoms with Crippen LogP contribution in [0.5, 0.6) is 0 Å². The van der Waals surface area contributed by atoms with E-state index in [4.69, 9.17) is 15.7 Å². The van der Waals surface area contributed by atoms with Crippen molar-refractivity contribution in [2.75, 3.05) is 26.2 Å². The van der Waals surface area contributed by atoms with E-state index in [2.05, 4.69) is 10.1 Å². The van der Waals surface area contributed by atoms with Crippen LogP contribution in [0.15, 0.2) is 5.16 Å². The van der Waals surface area contributed by atoms with E-state index in [0.717, 1.165) is 25.6 Å². The van der Waals surface area contributed by atoms with Gasteiger partial charge in [-0.2, -0.15) is 0 Å². The maximum absolute atomic E-state index is 8.66. The van der Waals surface area contributed by atoms with Crippen LogP contribution in [0, 0.1) is 5.92 Å². The standard InChI is InChI=1S/C12H23N3O2/c13-12(14-16)11-9-15(6-7-17-11)8-10-4-2-1-3-5-10/h10-11,16H,1-9H2,(H2,13,14). The van der Waals surface area contributed by atoms with Crippen LogP contribution in [0.2, 0.25) is 0 Å². The number of rotatable bonds is 3. The second-order valence-corrected chi connectivity index (χ2v) is 5.15. The highest BCUT2D eigenvalue weighted by molar-refractivity contribution is 5.84. The van der Waals surface area contributed by atoms with Crippen molar-refractivity contribution in [3.8, 4) is 0 Å². The zero-order chi connectivity index (χ0) is 12.1. The van der Waals surface area contributed by atoms with Crippen LogP contribution in [0.1, 0.15) is 32.1 Å². The first-order valence-electron chi connectivity index (χ1n) is 6.61. The van der Waals surface area contributed by atoms with Crippen LogP contribution >= 0.6 is 0 Å². The van der Waals surface area contributed by atoms with Gasteiger partial charge in [-0.3, -0.25) is 4.90 Å². The van der Waals surface area contributed by atoms with Gasteiger partial charge >= 0.3 is 0 Å². The van der Waals surface area contributed by atoms with E-state index in [-0.39, 0.29) is 11.9 Å². The molecule has 1 unspecified atom stereocenters. The zero-order valence-electron chi connectivity index (χ0n) is 10.3. The average molecular weight is 241 g/mol. The Morgan fingerprint density at radius 3 is 2.82 bits per heavy atom. The van der Waals surface area contributed by atoms with Crippen molar-refractivity contribution in [3.63, 3.8) is 0 Å². The van der Waals surface area contributed by atoms with Gasteiger partial charge in [0.2, 0.25) is 0 Å². The molecule has 0 bridgehead atoms. The summed E-state index contributed by atoms with van der Waals surface area (Å²) >= 11 is 0. The van der Waals surface area contributed by atoms with Crippen molar-refractivity contribution in [3.05, 3.63) is 0 Å². The van der Waals surface area contributed by atoms with E-state index in [1.807, 2.05) is 0 Å². The number of oxime groups is 1. The summed E-state index contributed by atoms with van der Waals surface area (Å²) in [7, 11) is 0. The Balaban J connectivity index is 1.80. The summed E-state index contributed by atoms with van der Waals surface area (Å²) in [6.07, 6.45) is 6.61. The molecule has 3 N–H and O–H groups in total. The van der Waals surface area contributed by atoms with Crippen molar-refractivity contribution < 1.29 is 9.94 Å². The molecule has 1 aliphatic heterocycles. The molecule has 2 rings (SSSR count). The Morgan fingerprint density at radius 1 is 1.35 bits per heavy atom. The first-order valence-corrected chi connectivity index (χ1v) is 6.61. The van der Waals surface area contributed by atoms with Gasteiger partial charge in [0.05, 0.1) is 6.61 Å². The van der Waals surface area contributed by atoms with Crippen molar-refractivity contribution >= 4 is 5.84 Å². The minimum Gasteiger partial charge on any atom is -0.409 e. The number of amidine groups is 1. The molecule has 5 nitrogen and oxygen atoms in total. The highest BCUT2D eigenvalue weighted by Gasteiger charge is 2.26. The topological polar surface area (TPSA) is 71.1 Å². The third-order valence-electron chi connectivity index (χ3n) is 3.84. The molecule has 1 aliphatic carbocycles. The summed E-state index contributed by atoms with van der Waals surface area (Å²) in [5.41, 5.74) is 5.59. The summed E-state index contributed by atoms with van der Waals surface area (Å²) in [5, 5.41) is 11.7. The van der Waals surface area contributed by atoms with Crippen molar-refractivity contribution in [1.82, 2.24) is 4.90 Å². The lowest BCUT2D eigenvalue weighted by molar-refractivity contribution is -0.00301. The fourth-order valence-electron chi connectivity index (χ4n) is 2.85. The lowest BCUT2D eigenvalue weighted by Crippen LogP contribution is -2.49. The van der Waals surface area contributed by atoms with Crippen LogP contribution in [-0.4, -0.2) is 48.3 Å². The number of nitrogens with two attached hydrogens (primary N) is 1. The highest BCUT2D eigenvalue weighted by Crippen LogP contribution is 2.24. The van der Waals surface area contributed by atoms with E-state index in [1.54, 1.807) is 0 Å². The van der Waals surface area contributed by atoms with Gasteiger partial charge in [0.1, 0.15) is 6.10 Å². The SMILES string of the molecule is N/C(=N\O)C1CN(CC2CCCCC2)CCO1. The zero-order valence-corrected chi connectivity index (χ0v) is 10.3. The van der Waals surface area contributed by atoms with Crippen molar-refractivity contribution in [2.24, 2.45) is 16.8 Å². The summed E-state index contributed by atoms with van der Waals surface area (Å²) < 4.78 is 5.49. The van der Waals surface area contributed by atoms with Gasteiger partial charge in [-0.05, 0) is 18.8 Å². The first kappa shape index (κ1) is 12.6. The summed E-state index contributed by atoms with van der Waals surface area (Å²) in [5.74, 6) is 1.02. The Morgan fingerprint density at radius 2 is 2.12 bits per heavy atom. The minimum atomic E-state index is -0.239. The van der Waals surface area contributed by atoms with Gasteiger partial charge in [-0.1, -0.05) is 24.4 Å². The molecule has 0 aromatic rings. The van der Waals surface area contributed by atoms with Gasteiger partial charge in [-0.15, -0.1) is 0 Å². The molecule has 1 saturated carbocycles. The number of morpholine rings is 1. The fraction of sp³-hybridized carbons (Fsp3) is 0.917. The van der Waals surface area contributed by atoms with E-state index >= 15 is 0 Å². The summed E-state index contributed by atoms with van der Waals surface area (Å²) in [4.78, 5) is 2.39. The highest BCUT2D eigenvalue weighted by atomic mass is 16.5. The van der Waals surface area contributed by atoms with Gasteiger partial charge < -0.3 is 15.7 Å². The fourth-order valence-corrected chi connectivity index (χ4v) is 2.85. The molecule has 1 atom stereocenters. The van der Waals surface area contributed by atoms with Crippen LogP contribution in [0.4, 0.5) is 0 Å². The van der Waals surface area contributed by atoms with Crippen LogP contribution < -0.4 is 5.73 Å². The molecule has 2 aliphatic rings. The molecule has 17 heavy (non-hydrogen) atoms. The molecule has 1 saturated heterocycles. The molecule has 1 heterocycles. The van der Waals surface area contributed by atoms with E-state index in [0.29, 0.717) is 6.61 Å². The monoisotopic (exact) mass is 241 g/mol. The van der Waals surface area contributed by atoms with E-state index < -0.39 is 0 Å². The smallest absolute Gasteiger partial charge is 0.169 e. The molecule has 98 valence electrons. The van der Waals surface area contributed by atoms with Crippen molar-refractivity contribution in [1.29, 1.82) is 0 Å². The van der Waals surface area contributed by atoms with Gasteiger partial charge in [0.15, 0.2) is 5.84 Å². The number of hydrogen-bond acceptors (Lipinski definition) is 4. The summed E-state index contributed by atoms with van der Waals surface area (Å²) in [6, 6.07) is 0. The molecular weight excluding hydrogens is 218 g/mol. The van der Waals surface area contributed by atoms with Crippen molar-refractivity contribution in [2.45, 2.75) is 38.2 Å². The third kappa shape index (κ3) is 3.57. The normalized spacial score (nSPS) is 29.4. The molecule has 0 aromatic carbocycles. The number of nitrogens with zero attached hydrogens (tertiary/aromatic N) is 2. The first-order chi connectivity index (χ1) is 8.29. The Kier molecular flexibility index (Phi) is 4.62. The molecule has 0 spiro atoms. The van der Waals surface area contributed by atoms with Gasteiger partial charge in [0.25, 0.3) is 0 Å². The molecule has 0 amide bonds. The number of ether oxygens (including phenoxy) is 1. The number of hydrogen-bond donors (Lipinski definition) is 2. The van der Waals surface area contributed by atoms with Gasteiger partial charge in [0, 0.05) is 19.6 Å². The Labute approximate surface area is 103 Å². The maximum atomic E-state index is 8.66. The van der Waals surface area contributed by atoms with E-state index in [1.165, 1.54) is 32.1 Å². The Hall–Kier alpha value is -0.810. The second-order valence-electron chi connectivity index (χ2n) is 5.15. The maximum Gasteiger partial charge on any atom is 0.169 e. The lowest BCUT2D eigenvalue weighted by Gasteiger charge is -2.35. The van der Waals surface area contributed by atoms with E-state index in [9.17, 15) is 0 Å². The quantitative estimate of drug-likeness (QED) is 0.335. The lowest BCUT2D eigenvalue weighted by atomic mass is 9.89. The summed E-state index contributed by atoms with van der Waals surface area (Å²) in [6.45, 7) is 3.53. The molecule has 2 fully saturated rings. The Bertz CT molecular complexity index is 264. The minimum absolute atomic E-state index is 0.193. The second kappa shape index (κ2) is 6.21. The van der Waals surface area contributed by atoms with Crippen LogP contribution in [0.3, 0.4) is 0 Å². The predicted octanol–water partition coefficient (Wildman–Crippen LogP) is 1.01. The molecule has 0 radical (unpaired) electrons. The van der Waals surface area contributed by atoms with Gasteiger partial charge in [-0.25, -0.2) is 0 Å². The predicted molar refractivity (Wildman–Crippen MR) is 66.2 cm³/mol. The molecule has 5 heteroatoms. The molecular formula is C12H23N3O2. The third-order valence-corrected chi connectivity index (χ3v) is 3.84. The van der Waals surface area contributed by atoms with Crippen LogP contribution in [0.25, 0.3) is 0 Å².